The van der Waals surface area contributed by atoms with Gasteiger partial charge >= 0.3 is 0 Å². The predicted octanol–water partition coefficient (Wildman–Crippen LogP) is 5.60. The third kappa shape index (κ3) is 6.20. The molecule has 0 spiro atoms. The summed E-state index contributed by atoms with van der Waals surface area (Å²) in [6.07, 6.45) is 15.5. The van der Waals surface area contributed by atoms with Crippen molar-refractivity contribution in [3.63, 3.8) is 0 Å². The number of rotatable bonds is 8. The third-order valence-corrected chi connectivity index (χ3v) is 5.83. The van der Waals surface area contributed by atoms with Gasteiger partial charge in [-0.3, -0.25) is 4.99 Å². The molecule has 0 heterocycles. The lowest BCUT2D eigenvalue weighted by Gasteiger charge is -2.23. The first-order valence-electron chi connectivity index (χ1n) is 7.32. The van der Waals surface area contributed by atoms with E-state index in [0.717, 1.165) is 0 Å². The summed E-state index contributed by atoms with van der Waals surface area (Å²) in [5, 5.41) is 2.72. The van der Waals surface area contributed by atoms with E-state index < -0.39 is 7.92 Å². The normalized spacial score (nSPS) is 15.5. The SMILES string of the molecule is C=C/C=C\C=C/C(C)P(/C(C)=C/C=NC=C)c1ccccc1. The highest BCUT2D eigenvalue weighted by atomic mass is 31.1. The van der Waals surface area contributed by atoms with Crippen molar-refractivity contribution in [2.24, 2.45) is 4.99 Å². The summed E-state index contributed by atoms with van der Waals surface area (Å²) in [7, 11) is -0.427. The molecule has 114 valence electrons. The Morgan fingerprint density at radius 1 is 1.14 bits per heavy atom. The minimum atomic E-state index is -0.427. The van der Waals surface area contributed by atoms with E-state index in [2.05, 4.69) is 80.6 Å². The van der Waals surface area contributed by atoms with Crippen molar-refractivity contribution in [3.05, 3.63) is 91.5 Å². The third-order valence-electron chi connectivity index (χ3n) is 3.08. The minimum Gasteiger partial charge on any atom is -0.265 e. The van der Waals surface area contributed by atoms with Crippen molar-refractivity contribution >= 4 is 19.4 Å². The average Bonchev–Trinajstić information content (AvgIpc) is 2.53. The Kier molecular flexibility index (Phi) is 8.79. The van der Waals surface area contributed by atoms with Crippen LogP contribution in [0.25, 0.3) is 0 Å². The second-order valence-corrected chi connectivity index (χ2v) is 7.52. The first kappa shape index (κ1) is 18.1. The fraction of sp³-hybridized carbons (Fsp3) is 0.150. The van der Waals surface area contributed by atoms with Crippen LogP contribution in [0.1, 0.15) is 13.8 Å². The molecule has 2 heteroatoms. The number of allylic oxidation sites excluding steroid dienone is 7. The molecule has 1 nitrogen and oxygen atoms in total. The molecule has 0 aliphatic carbocycles. The van der Waals surface area contributed by atoms with Crippen molar-refractivity contribution in [2.75, 3.05) is 0 Å². The zero-order valence-electron chi connectivity index (χ0n) is 13.4. The van der Waals surface area contributed by atoms with Gasteiger partial charge in [-0.15, -0.1) is 0 Å². The van der Waals surface area contributed by atoms with Gasteiger partial charge in [0.15, 0.2) is 0 Å². The van der Waals surface area contributed by atoms with Crippen LogP contribution in [-0.2, 0) is 0 Å². The van der Waals surface area contributed by atoms with E-state index in [1.54, 1.807) is 12.3 Å². The molecule has 0 radical (unpaired) electrons. The maximum absolute atomic E-state index is 4.07. The largest absolute Gasteiger partial charge is 0.265 e. The smallest absolute Gasteiger partial charge is 0.0270 e. The summed E-state index contributed by atoms with van der Waals surface area (Å²) in [6, 6.07) is 10.7. The Balaban J connectivity index is 3.06. The monoisotopic (exact) mass is 309 g/mol. The van der Waals surface area contributed by atoms with E-state index >= 15 is 0 Å². The summed E-state index contributed by atoms with van der Waals surface area (Å²) in [5.41, 5.74) is 0.445. The Morgan fingerprint density at radius 2 is 1.86 bits per heavy atom. The highest BCUT2D eigenvalue weighted by Gasteiger charge is 2.17. The molecule has 22 heavy (non-hydrogen) atoms. The highest BCUT2D eigenvalue weighted by Crippen LogP contribution is 2.48. The molecule has 0 aliphatic heterocycles. The molecule has 2 atom stereocenters. The van der Waals surface area contributed by atoms with E-state index in [1.165, 1.54) is 10.6 Å². The molecule has 0 saturated carbocycles. The molecule has 0 aliphatic rings. The van der Waals surface area contributed by atoms with E-state index in [9.17, 15) is 0 Å². The summed E-state index contributed by atoms with van der Waals surface area (Å²) in [6.45, 7) is 11.7. The number of aliphatic imine (C=N–C) groups is 1. The van der Waals surface area contributed by atoms with Gasteiger partial charge in [-0.2, -0.15) is 0 Å². The van der Waals surface area contributed by atoms with E-state index in [1.807, 2.05) is 18.4 Å². The molecule has 0 fully saturated rings. The maximum Gasteiger partial charge on any atom is 0.0270 e. The van der Waals surface area contributed by atoms with Crippen LogP contribution in [0.2, 0.25) is 0 Å². The van der Waals surface area contributed by atoms with Crippen LogP contribution in [0.4, 0.5) is 0 Å². The molecule has 0 bridgehead atoms. The van der Waals surface area contributed by atoms with Crippen molar-refractivity contribution < 1.29 is 0 Å². The summed E-state index contributed by atoms with van der Waals surface area (Å²) in [5.74, 6) is 0. The van der Waals surface area contributed by atoms with Crippen LogP contribution in [0.3, 0.4) is 0 Å². The molecule has 1 aromatic carbocycles. The molecular formula is C20H24NP. The summed E-state index contributed by atoms with van der Waals surface area (Å²) < 4.78 is 0. The van der Waals surface area contributed by atoms with Gasteiger partial charge in [0.2, 0.25) is 0 Å². The van der Waals surface area contributed by atoms with E-state index in [-0.39, 0.29) is 0 Å². The Morgan fingerprint density at radius 3 is 2.50 bits per heavy atom. The zero-order valence-corrected chi connectivity index (χ0v) is 14.3. The number of benzene rings is 1. The van der Waals surface area contributed by atoms with E-state index in [4.69, 9.17) is 0 Å². The van der Waals surface area contributed by atoms with Gasteiger partial charge in [-0.25, -0.2) is 0 Å². The molecule has 1 aromatic rings. The van der Waals surface area contributed by atoms with Gasteiger partial charge in [-0.05, 0) is 31.5 Å². The number of nitrogens with zero attached hydrogens (tertiary/aromatic N) is 1. The van der Waals surface area contributed by atoms with Gasteiger partial charge < -0.3 is 0 Å². The fourth-order valence-corrected chi connectivity index (χ4v) is 4.61. The quantitative estimate of drug-likeness (QED) is 0.337. The number of hydrogen-bond donors (Lipinski definition) is 0. The van der Waals surface area contributed by atoms with Gasteiger partial charge in [0.1, 0.15) is 0 Å². The lowest BCUT2D eigenvalue weighted by atomic mass is 10.3. The molecular weight excluding hydrogens is 285 g/mol. The van der Waals surface area contributed by atoms with Crippen LogP contribution >= 0.6 is 7.92 Å². The van der Waals surface area contributed by atoms with Gasteiger partial charge in [-0.1, -0.05) is 80.8 Å². The molecule has 0 N–H and O–H groups in total. The lowest BCUT2D eigenvalue weighted by Crippen LogP contribution is -2.09. The highest BCUT2D eigenvalue weighted by molar-refractivity contribution is 7.70. The Bertz CT molecular complexity index is 579. The molecule has 0 saturated heterocycles. The second-order valence-electron chi connectivity index (χ2n) is 4.74. The van der Waals surface area contributed by atoms with Gasteiger partial charge in [0.25, 0.3) is 0 Å². The van der Waals surface area contributed by atoms with E-state index in [0.29, 0.717) is 5.66 Å². The predicted molar refractivity (Wildman–Crippen MR) is 103 cm³/mol. The second kappa shape index (κ2) is 10.7. The standard InChI is InChI=1S/C20H24NP/c1-5-7-8-10-13-18(3)22(19(4)16-17-21-6-2)20-14-11-9-12-15-20/h5-18H,1-2H2,3-4H3/b8-7-,13-10-,19-16+,21-17?. The molecule has 2 unspecified atom stereocenters. The fourth-order valence-electron chi connectivity index (χ4n) is 2.09. The summed E-state index contributed by atoms with van der Waals surface area (Å²) in [4.78, 5) is 4.07. The van der Waals surface area contributed by atoms with Crippen molar-refractivity contribution in [1.29, 1.82) is 0 Å². The molecule has 1 rings (SSSR count). The lowest BCUT2D eigenvalue weighted by molar-refractivity contribution is 1.23. The Labute approximate surface area is 135 Å². The van der Waals surface area contributed by atoms with Crippen LogP contribution in [0.5, 0.6) is 0 Å². The minimum absolute atomic E-state index is 0.427. The van der Waals surface area contributed by atoms with Gasteiger partial charge in [0, 0.05) is 18.1 Å². The first-order valence-corrected chi connectivity index (χ1v) is 8.73. The zero-order chi connectivity index (χ0) is 16.2. The number of hydrogen-bond acceptors (Lipinski definition) is 1. The van der Waals surface area contributed by atoms with Crippen molar-refractivity contribution in [2.45, 2.75) is 19.5 Å². The average molecular weight is 309 g/mol. The molecule has 0 amide bonds. The van der Waals surface area contributed by atoms with Crippen molar-refractivity contribution in [1.82, 2.24) is 0 Å². The summed E-state index contributed by atoms with van der Waals surface area (Å²) >= 11 is 0. The molecule has 0 aromatic heterocycles. The Hall–Kier alpha value is -1.98. The van der Waals surface area contributed by atoms with Crippen LogP contribution in [0.15, 0.2) is 96.5 Å². The topological polar surface area (TPSA) is 12.4 Å². The van der Waals surface area contributed by atoms with Crippen LogP contribution in [0, 0.1) is 0 Å². The van der Waals surface area contributed by atoms with Crippen LogP contribution < -0.4 is 5.30 Å². The maximum atomic E-state index is 4.07. The van der Waals surface area contributed by atoms with Crippen molar-refractivity contribution in [3.8, 4) is 0 Å². The van der Waals surface area contributed by atoms with Crippen LogP contribution in [-0.4, -0.2) is 11.9 Å². The first-order chi connectivity index (χ1) is 10.7. The van der Waals surface area contributed by atoms with Gasteiger partial charge in [0.05, 0.1) is 0 Å².